The van der Waals surface area contributed by atoms with Crippen molar-refractivity contribution in [1.82, 2.24) is 4.72 Å². The van der Waals surface area contributed by atoms with Crippen molar-refractivity contribution in [2.75, 3.05) is 44.1 Å². The summed E-state index contributed by atoms with van der Waals surface area (Å²) in [7, 11) is -1.71. The van der Waals surface area contributed by atoms with Gasteiger partial charge < -0.3 is 19.1 Å². The molecule has 11 heteroatoms. The quantitative estimate of drug-likeness (QED) is 0.286. The van der Waals surface area contributed by atoms with Crippen LogP contribution in [0.4, 0.5) is 5.69 Å². The average molecular weight is 718 g/mol. The van der Waals surface area contributed by atoms with Gasteiger partial charge in [0.15, 0.2) is 6.61 Å². The summed E-state index contributed by atoms with van der Waals surface area (Å²) < 4.78 is 39.1. The smallest absolute Gasteiger partial charge is 0.286 e. The van der Waals surface area contributed by atoms with Gasteiger partial charge in [0.05, 0.1) is 24.2 Å². The van der Waals surface area contributed by atoms with E-state index in [0.29, 0.717) is 54.9 Å². The van der Waals surface area contributed by atoms with E-state index >= 15 is 0 Å². The summed E-state index contributed by atoms with van der Waals surface area (Å²) in [4.78, 5) is 29.2. The maximum atomic E-state index is 14.2. The molecule has 7 rings (SSSR count). The normalized spacial score (nSPS) is 28.5. The third kappa shape index (κ3) is 7.43. The van der Waals surface area contributed by atoms with E-state index < -0.39 is 21.7 Å². The molecule has 1 spiro atoms. The van der Waals surface area contributed by atoms with Crippen LogP contribution in [-0.4, -0.2) is 61.3 Å². The fraction of sp³-hybridized carbons (Fsp3) is 0.436. The molecule has 0 saturated heterocycles. The third-order valence-corrected chi connectivity index (χ3v) is 12.7. The van der Waals surface area contributed by atoms with E-state index in [4.69, 9.17) is 25.8 Å². The van der Waals surface area contributed by atoms with E-state index in [1.807, 2.05) is 24.3 Å². The third-order valence-electron chi connectivity index (χ3n) is 10.6. The van der Waals surface area contributed by atoms with Crippen LogP contribution in [0.3, 0.4) is 0 Å². The zero-order chi connectivity index (χ0) is 34.7. The SMILES string of the molecule is CO[C@H]1/C=C/CCCS(=O)(NC(=O)COc2ccccc2)=NC(=O)c2ccc3c(c2)N(C[C@@H]2CC[C@H]21)C[C@@]1(CCCc2cc(Cl)ccc21)CO3. The topological polar surface area (TPSA) is 107 Å². The number of carbonyl (C=O) groups is 2. The first-order valence-corrected chi connectivity index (χ1v) is 19.6. The first kappa shape index (κ1) is 34.6. The van der Waals surface area contributed by atoms with Gasteiger partial charge in [0.2, 0.25) is 0 Å². The lowest BCUT2D eigenvalue weighted by atomic mass is 9.68. The number of amides is 2. The lowest BCUT2D eigenvalue weighted by Crippen LogP contribution is -2.49. The van der Waals surface area contributed by atoms with Crippen LogP contribution >= 0.6 is 11.6 Å². The van der Waals surface area contributed by atoms with Crippen molar-refractivity contribution >= 4 is 39.0 Å². The van der Waals surface area contributed by atoms with Gasteiger partial charge in [-0.05, 0) is 110 Å². The minimum Gasteiger partial charge on any atom is -0.490 e. The van der Waals surface area contributed by atoms with E-state index in [1.165, 1.54) is 11.1 Å². The average Bonchev–Trinajstić information content (AvgIpc) is 3.25. The highest BCUT2D eigenvalue weighted by Gasteiger charge is 2.44. The fourth-order valence-corrected chi connectivity index (χ4v) is 9.77. The Bertz CT molecular complexity index is 1890. The van der Waals surface area contributed by atoms with Gasteiger partial charge in [0, 0.05) is 36.2 Å². The molecule has 1 unspecified atom stereocenters. The molecule has 2 amide bonds. The standard InChI is InChI=1S/C39H44ClN3O6S/c1-47-35-12-6-3-7-20-50(46,41-37(44)24-48-31-10-4-2-5-11-31)42-38(45)28-14-18-36-34(22-28)43(23-29-13-16-32(29)35)25-39(26-49-36)19-8-9-27-21-30(40)15-17-33(27)39/h2,4-6,10-12,14-15,17-18,21-22,29,32,35H,3,7-9,13,16,19-20,23-26H2,1H3,(H,41,42,44,45,46)/b12-6+/t29-,32+,35-,39-,50?/m0/s1. The predicted molar refractivity (Wildman–Crippen MR) is 195 cm³/mol. The summed E-state index contributed by atoms with van der Waals surface area (Å²) in [5.41, 5.74) is 3.39. The molecule has 0 radical (unpaired) electrons. The van der Waals surface area contributed by atoms with Gasteiger partial charge in [-0.25, -0.2) is 4.21 Å². The second-order valence-electron chi connectivity index (χ2n) is 13.9. The lowest BCUT2D eigenvalue weighted by Gasteiger charge is -2.46. The highest BCUT2D eigenvalue weighted by molar-refractivity contribution is 7.92. The van der Waals surface area contributed by atoms with E-state index in [2.05, 4.69) is 38.3 Å². The van der Waals surface area contributed by atoms with Crippen LogP contribution in [0.15, 0.2) is 83.2 Å². The molecule has 1 fully saturated rings. The maximum Gasteiger partial charge on any atom is 0.286 e. The number of allylic oxidation sites excluding steroid dienone is 1. The van der Waals surface area contributed by atoms with E-state index in [-0.39, 0.29) is 23.9 Å². The van der Waals surface area contributed by atoms with Crippen LogP contribution in [0.2, 0.25) is 5.02 Å². The molecular weight excluding hydrogens is 674 g/mol. The molecular formula is C39H44ClN3O6S. The molecule has 264 valence electrons. The number of aryl methyl sites for hydroxylation is 1. The van der Waals surface area contributed by atoms with E-state index in [1.54, 1.807) is 37.4 Å². The molecule has 5 atom stereocenters. The Labute approximate surface area is 299 Å². The van der Waals surface area contributed by atoms with Crippen molar-refractivity contribution in [1.29, 1.82) is 0 Å². The molecule has 2 aliphatic carbocycles. The lowest BCUT2D eigenvalue weighted by molar-refractivity contribution is -0.121. The Kier molecular flexibility index (Phi) is 10.2. The molecule has 9 nitrogen and oxygen atoms in total. The molecule has 1 N–H and O–H groups in total. The number of hydrogen-bond acceptors (Lipinski definition) is 7. The number of anilines is 1. The second-order valence-corrected chi connectivity index (χ2v) is 16.4. The van der Waals surface area contributed by atoms with Crippen molar-refractivity contribution in [3.8, 4) is 11.5 Å². The number of carbonyl (C=O) groups excluding carboxylic acids is 2. The van der Waals surface area contributed by atoms with Gasteiger partial charge in [-0.1, -0.05) is 48.0 Å². The summed E-state index contributed by atoms with van der Waals surface area (Å²) in [5, 5.41) is 0.739. The van der Waals surface area contributed by atoms with Gasteiger partial charge in [0.25, 0.3) is 11.8 Å². The zero-order valence-corrected chi connectivity index (χ0v) is 29.9. The molecule has 50 heavy (non-hydrogen) atoms. The van der Waals surface area contributed by atoms with Crippen molar-refractivity contribution in [2.45, 2.75) is 56.5 Å². The van der Waals surface area contributed by atoms with Crippen LogP contribution in [0.25, 0.3) is 0 Å². The van der Waals surface area contributed by atoms with Gasteiger partial charge >= 0.3 is 0 Å². The van der Waals surface area contributed by atoms with Gasteiger partial charge in [-0.2, -0.15) is 0 Å². The molecule has 2 heterocycles. The number of fused-ring (bicyclic) bond motifs is 4. The number of hydrogen-bond donors (Lipinski definition) is 1. The highest BCUT2D eigenvalue weighted by Crippen LogP contribution is 2.47. The number of rotatable bonds is 5. The van der Waals surface area contributed by atoms with Crippen molar-refractivity contribution < 1.29 is 28.0 Å². The van der Waals surface area contributed by atoms with E-state index in [9.17, 15) is 13.8 Å². The van der Waals surface area contributed by atoms with Gasteiger partial charge in [-0.3, -0.25) is 14.3 Å². The van der Waals surface area contributed by atoms with Crippen LogP contribution in [0, 0.1) is 11.8 Å². The minimum absolute atomic E-state index is 0.00990. The van der Waals surface area contributed by atoms with Crippen molar-refractivity contribution in [3.63, 3.8) is 0 Å². The summed E-state index contributed by atoms with van der Waals surface area (Å²) in [5.74, 6) is 0.693. The molecule has 3 aromatic rings. The van der Waals surface area contributed by atoms with Crippen molar-refractivity contribution in [3.05, 3.63) is 101 Å². The largest absolute Gasteiger partial charge is 0.490 e. The summed E-state index contributed by atoms with van der Waals surface area (Å²) in [6.07, 6.45) is 10.3. The Morgan fingerprint density at radius 3 is 2.78 bits per heavy atom. The van der Waals surface area contributed by atoms with Crippen LogP contribution in [0.1, 0.15) is 60.0 Å². The molecule has 2 aliphatic heterocycles. The molecule has 4 aliphatic rings. The number of benzene rings is 3. The number of ether oxygens (including phenoxy) is 3. The molecule has 3 aromatic carbocycles. The Balaban J connectivity index is 1.24. The Hall–Kier alpha value is -3.86. The van der Waals surface area contributed by atoms with Gasteiger partial charge in [0.1, 0.15) is 21.4 Å². The number of nitrogens with one attached hydrogen (secondary N) is 1. The Morgan fingerprint density at radius 2 is 1.98 bits per heavy atom. The van der Waals surface area contributed by atoms with Crippen LogP contribution in [-0.2, 0) is 31.3 Å². The Morgan fingerprint density at radius 1 is 1.12 bits per heavy atom. The number of nitrogens with zero attached hydrogens (tertiary/aromatic N) is 2. The van der Waals surface area contributed by atoms with Gasteiger partial charge in [-0.15, -0.1) is 4.36 Å². The second kappa shape index (κ2) is 14.8. The summed E-state index contributed by atoms with van der Waals surface area (Å²) >= 11 is 6.44. The monoisotopic (exact) mass is 717 g/mol. The minimum atomic E-state index is -3.47. The summed E-state index contributed by atoms with van der Waals surface area (Å²) in [6.45, 7) is 1.65. The number of methoxy groups -OCH3 is 1. The van der Waals surface area contributed by atoms with E-state index in [0.717, 1.165) is 49.4 Å². The number of para-hydroxylation sites is 1. The predicted octanol–water partition coefficient (Wildman–Crippen LogP) is 6.92. The van der Waals surface area contributed by atoms with Crippen LogP contribution in [0.5, 0.6) is 11.5 Å². The molecule has 2 bridgehead atoms. The first-order valence-electron chi connectivity index (χ1n) is 17.5. The highest BCUT2D eigenvalue weighted by atomic mass is 35.5. The zero-order valence-electron chi connectivity index (χ0n) is 28.4. The van der Waals surface area contributed by atoms with Crippen LogP contribution < -0.4 is 19.1 Å². The first-order chi connectivity index (χ1) is 24.2. The van der Waals surface area contributed by atoms with Crippen molar-refractivity contribution in [2.24, 2.45) is 16.2 Å². The maximum absolute atomic E-state index is 14.2. The summed E-state index contributed by atoms with van der Waals surface area (Å²) in [6, 6.07) is 20.4. The molecule has 1 saturated carbocycles. The fourth-order valence-electron chi connectivity index (χ4n) is 7.99. The number of halogens is 1. The molecule has 0 aromatic heterocycles.